The highest BCUT2D eigenvalue weighted by Gasteiger charge is 2.35. The number of hydrogen-bond donors (Lipinski definition) is 1. The first-order chi connectivity index (χ1) is 17.2. The van der Waals surface area contributed by atoms with E-state index in [0.29, 0.717) is 33.3 Å². The third kappa shape index (κ3) is 5.06. The Bertz CT molecular complexity index is 1320. The molecule has 0 spiro atoms. The molecule has 1 N–H and O–H groups in total. The smallest absolute Gasteiger partial charge is 0.259 e. The van der Waals surface area contributed by atoms with Gasteiger partial charge in [0.1, 0.15) is 12.6 Å². The summed E-state index contributed by atoms with van der Waals surface area (Å²) in [4.78, 5) is 43.3. The van der Waals surface area contributed by atoms with Crippen molar-refractivity contribution in [3.05, 3.63) is 75.8 Å². The van der Waals surface area contributed by atoms with Gasteiger partial charge in [-0.25, -0.2) is 0 Å². The Morgan fingerprint density at radius 2 is 1.75 bits per heavy atom. The van der Waals surface area contributed by atoms with E-state index >= 15 is 0 Å². The molecule has 0 fully saturated rings. The fraction of sp³-hybridized carbons (Fsp3) is 0.321. The Morgan fingerprint density at radius 1 is 1.03 bits per heavy atom. The van der Waals surface area contributed by atoms with Gasteiger partial charge in [-0.2, -0.15) is 0 Å². The summed E-state index contributed by atoms with van der Waals surface area (Å²) in [7, 11) is 0. The summed E-state index contributed by atoms with van der Waals surface area (Å²) in [6, 6.07) is 15.5. The Balaban J connectivity index is 1.67. The number of hydrogen-bond acceptors (Lipinski definition) is 3. The lowest BCUT2D eigenvalue weighted by molar-refractivity contribution is -0.140. The average Bonchev–Trinajstić information content (AvgIpc) is 3.13. The van der Waals surface area contributed by atoms with Crippen molar-refractivity contribution in [2.45, 2.75) is 52.2 Å². The van der Waals surface area contributed by atoms with E-state index in [9.17, 15) is 14.4 Å². The molecule has 36 heavy (non-hydrogen) atoms. The van der Waals surface area contributed by atoms with Crippen LogP contribution in [0.4, 0.5) is 5.69 Å². The zero-order valence-corrected chi connectivity index (χ0v) is 22.1. The zero-order valence-electron chi connectivity index (χ0n) is 20.6. The number of benzene rings is 3. The summed E-state index contributed by atoms with van der Waals surface area (Å²) in [5.74, 6) is -0.800. The molecule has 0 radical (unpaired) electrons. The van der Waals surface area contributed by atoms with Crippen LogP contribution in [0.1, 0.15) is 49.5 Å². The van der Waals surface area contributed by atoms with Crippen molar-refractivity contribution in [3.8, 4) is 0 Å². The Hall–Kier alpha value is -3.09. The van der Waals surface area contributed by atoms with E-state index in [0.717, 1.165) is 17.2 Å². The molecule has 188 valence electrons. The van der Waals surface area contributed by atoms with Gasteiger partial charge in [0.2, 0.25) is 11.8 Å². The Morgan fingerprint density at radius 3 is 2.42 bits per heavy atom. The molecule has 0 saturated heterocycles. The SMILES string of the molecule is CC[C@H](C)NC(=O)[C@H](CC)N(Cc1ccc(Cl)cc1Cl)C(=O)CN1C(=O)c2cccc3cccc1c23. The molecule has 0 unspecified atom stereocenters. The number of halogens is 2. The maximum absolute atomic E-state index is 13.8. The lowest BCUT2D eigenvalue weighted by Crippen LogP contribution is -2.53. The lowest BCUT2D eigenvalue weighted by atomic mass is 10.1. The lowest BCUT2D eigenvalue weighted by Gasteiger charge is -2.33. The molecule has 1 heterocycles. The molecule has 0 bridgehead atoms. The van der Waals surface area contributed by atoms with Crippen LogP contribution in [0.3, 0.4) is 0 Å². The number of carbonyl (C=O) groups is 3. The maximum Gasteiger partial charge on any atom is 0.259 e. The third-order valence-corrected chi connectivity index (χ3v) is 7.27. The second-order valence-electron chi connectivity index (χ2n) is 9.07. The summed E-state index contributed by atoms with van der Waals surface area (Å²) in [6.07, 6.45) is 1.17. The van der Waals surface area contributed by atoms with E-state index < -0.39 is 6.04 Å². The maximum atomic E-state index is 13.8. The van der Waals surface area contributed by atoms with Crippen molar-refractivity contribution in [1.29, 1.82) is 0 Å². The van der Waals surface area contributed by atoms with Gasteiger partial charge >= 0.3 is 0 Å². The van der Waals surface area contributed by atoms with Gasteiger partial charge in [-0.1, -0.05) is 67.4 Å². The van der Waals surface area contributed by atoms with Crippen LogP contribution in [0.15, 0.2) is 54.6 Å². The number of nitrogens with zero attached hydrogens (tertiary/aromatic N) is 2. The highest BCUT2D eigenvalue weighted by atomic mass is 35.5. The predicted molar refractivity (Wildman–Crippen MR) is 145 cm³/mol. The summed E-state index contributed by atoms with van der Waals surface area (Å²) in [5, 5.41) is 5.66. The molecule has 3 amide bonds. The summed E-state index contributed by atoms with van der Waals surface area (Å²) in [5.41, 5.74) is 1.94. The topological polar surface area (TPSA) is 69.7 Å². The van der Waals surface area contributed by atoms with Crippen molar-refractivity contribution in [3.63, 3.8) is 0 Å². The van der Waals surface area contributed by atoms with Gasteiger partial charge < -0.3 is 10.2 Å². The molecule has 0 saturated carbocycles. The largest absolute Gasteiger partial charge is 0.352 e. The highest BCUT2D eigenvalue weighted by Crippen LogP contribution is 2.37. The number of anilines is 1. The first-order valence-electron chi connectivity index (χ1n) is 12.1. The Labute approximate surface area is 221 Å². The summed E-state index contributed by atoms with van der Waals surface area (Å²) in [6.45, 7) is 5.70. The molecule has 0 aliphatic carbocycles. The average molecular weight is 526 g/mol. The minimum absolute atomic E-state index is 0.0325. The zero-order chi connectivity index (χ0) is 26.0. The first-order valence-corrected chi connectivity index (χ1v) is 12.9. The van der Waals surface area contributed by atoms with Gasteiger partial charge in [-0.15, -0.1) is 0 Å². The molecule has 0 aromatic heterocycles. The van der Waals surface area contributed by atoms with Crippen molar-refractivity contribution in [2.75, 3.05) is 11.4 Å². The van der Waals surface area contributed by atoms with Gasteiger partial charge in [-0.05, 0) is 55.0 Å². The van der Waals surface area contributed by atoms with Crippen LogP contribution in [0, 0.1) is 0 Å². The molecular weight excluding hydrogens is 497 g/mol. The third-order valence-electron chi connectivity index (χ3n) is 6.69. The predicted octanol–water partition coefficient (Wildman–Crippen LogP) is 5.83. The van der Waals surface area contributed by atoms with Crippen molar-refractivity contribution >= 4 is 57.4 Å². The monoisotopic (exact) mass is 525 g/mol. The molecule has 8 heteroatoms. The molecule has 2 atom stereocenters. The molecule has 1 aliphatic heterocycles. The first kappa shape index (κ1) is 26.0. The molecule has 6 nitrogen and oxygen atoms in total. The van der Waals surface area contributed by atoms with Crippen molar-refractivity contribution in [1.82, 2.24) is 10.2 Å². The van der Waals surface area contributed by atoms with Gasteiger partial charge in [0.25, 0.3) is 5.91 Å². The van der Waals surface area contributed by atoms with Gasteiger partial charge in [0.05, 0.1) is 5.69 Å². The Kier molecular flexibility index (Phi) is 7.86. The fourth-order valence-electron chi connectivity index (χ4n) is 4.56. The minimum atomic E-state index is -0.728. The second kappa shape index (κ2) is 10.9. The van der Waals surface area contributed by atoms with Crippen molar-refractivity contribution < 1.29 is 14.4 Å². The van der Waals surface area contributed by atoms with E-state index in [-0.39, 0.29) is 36.9 Å². The van der Waals surface area contributed by atoms with Gasteiger partial charge in [0, 0.05) is 33.6 Å². The van der Waals surface area contributed by atoms with E-state index in [1.807, 2.05) is 51.1 Å². The van der Waals surface area contributed by atoms with Crippen LogP contribution in [0.25, 0.3) is 10.8 Å². The van der Waals surface area contributed by atoms with E-state index in [2.05, 4.69) is 5.32 Å². The molecule has 3 aromatic rings. The normalized spacial score (nSPS) is 14.1. The number of amides is 3. The second-order valence-corrected chi connectivity index (χ2v) is 9.92. The van der Waals surface area contributed by atoms with Gasteiger partial charge in [-0.3, -0.25) is 19.3 Å². The number of rotatable bonds is 9. The van der Waals surface area contributed by atoms with Gasteiger partial charge in [0.15, 0.2) is 0 Å². The van der Waals surface area contributed by atoms with Crippen LogP contribution in [-0.2, 0) is 16.1 Å². The van der Waals surface area contributed by atoms with E-state index in [1.54, 1.807) is 24.3 Å². The highest BCUT2D eigenvalue weighted by molar-refractivity contribution is 6.35. The fourth-order valence-corrected chi connectivity index (χ4v) is 5.02. The van der Waals surface area contributed by atoms with E-state index in [1.165, 1.54) is 9.80 Å². The van der Waals surface area contributed by atoms with Crippen LogP contribution in [0.5, 0.6) is 0 Å². The van der Waals surface area contributed by atoms with Crippen LogP contribution in [-0.4, -0.2) is 41.2 Å². The molecular formula is C28H29Cl2N3O3. The summed E-state index contributed by atoms with van der Waals surface area (Å²) < 4.78 is 0. The summed E-state index contributed by atoms with van der Waals surface area (Å²) >= 11 is 12.5. The molecule has 3 aromatic carbocycles. The van der Waals surface area contributed by atoms with Crippen LogP contribution in [0.2, 0.25) is 10.0 Å². The number of carbonyl (C=O) groups excluding carboxylic acids is 3. The van der Waals surface area contributed by atoms with Crippen molar-refractivity contribution in [2.24, 2.45) is 0 Å². The standard InChI is InChI=1S/C28H29Cl2N3O3/c1-4-17(3)31-27(35)23(5-2)32(15-19-12-13-20(29)14-22(19)30)25(34)16-33-24-11-7-9-18-8-6-10-21(26(18)24)28(33)36/h6-14,17,23H,4-5,15-16H2,1-3H3,(H,31,35)/t17-,23-/m0/s1. The quantitative estimate of drug-likeness (QED) is 0.382. The minimum Gasteiger partial charge on any atom is -0.352 e. The number of nitrogens with one attached hydrogen (secondary N) is 1. The molecule has 1 aliphatic rings. The van der Waals surface area contributed by atoms with Crippen LogP contribution < -0.4 is 10.2 Å². The van der Waals surface area contributed by atoms with Crippen LogP contribution >= 0.6 is 23.2 Å². The molecule has 4 rings (SSSR count). The van der Waals surface area contributed by atoms with E-state index in [4.69, 9.17) is 23.2 Å².